The Kier molecular flexibility index (Phi) is 4.28. The number of amides is 1. The van der Waals surface area contributed by atoms with Crippen LogP contribution >= 0.6 is 0 Å². The van der Waals surface area contributed by atoms with Gasteiger partial charge in [0.05, 0.1) is 11.0 Å². The summed E-state index contributed by atoms with van der Waals surface area (Å²) in [5.74, 6) is 0.137. The van der Waals surface area contributed by atoms with E-state index in [2.05, 4.69) is 0 Å². The van der Waals surface area contributed by atoms with Gasteiger partial charge >= 0.3 is 6.18 Å². The third-order valence-corrected chi connectivity index (χ3v) is 5.98. The van der Waals surface area contributed by atoms with E-state index in [0.717, 1.165) is 24.1 Å². The van der Waals surface area contributed by atoms with Gasteiger partial charge in [0.1, 0.15) is 5.78 Å². The number of ketones is 1. The van der Waals surface area contributed by atoms with Crippen LogP contribution in [0.25, 0.3) is 0 Å². The highest BCUT2D eigenvalue weighted by Crippen LogP contribution is 2.50. The predicted octanol–water partition coefficient (Wildman–Crippen LogP) is 3.42. The Bertz CT molecular complexity index is 810. The lowest BCUT2D eigenvalue weighted by Gasteiger charge is -2.40. The molecule has 0 radical (unpaired) electrons. The number of piperazine rings is 1. The lowest BCUT2D eigenvalue weighted by atomic mass is 9.81. The number of carbonyl (C=O) groups is 2. The Labute approximate surface area is 155 Å². The molecule has 1 saturated heterocycles. The summed E-state index contributed by atoms with van der Waals surface area (Å²) < 4.78 is 38.8. The molecule has 1 atom stereocenters. The number of benzene rings is 1. The van der Waals surface area contributed by atoms with E-state index in [1.165, 1.54) is 6.07 Å². The summed E-state index contributed by atoms with van der Waals surface area (Å²) >= 11 is 0. The Morgan fingerprint density at radius 2 is 1.85 bits per heavy atom. The highest BCUT2D eigenvalue weighted by Gasteiger charge is 2.52. The molecule has 1 amide bonds. The van der Waals surface area contributed by atoms with Gasteiger partial charge in [-0.15, -0.1) is 0 Å². The molecule has 1 aromatic rings. The number of anilines is 1. The molecular weight excluding hydrogens is 357 g/mol. The molecule has 4 nitrogen and oxygen atoms in total. The van der Waals surface area contributed by atoms with E-state index < -0.39 is 17.2 Å². The van der Waals surface area contributed by atoms with Crippen LogP contribution in [0.3, 0.4) is 0 Å². The first-order valence-corrected chi connectivity index (χ1v) is 9.22. The second-order valence-corrected chi connectivity index (χ2v) is 7.57. The van der Waals surface area contributed by atoms with Gasteiger partial charge in [-0.25, -0.2) is 0 Å². The number of allylic oxidation sites excluding steroid dienone is 1. The van der Waals surface area contributed by atoms with Crippen molar-refractivity contribution in [3.05, 3.63) is 41.5 Å². The fraction of sp³-hybridized carbons (Fsp3) is 0.500. The van der Waals surface area contributed by atoms with E-state index in [4.69, 9.17) is 0 Å². The standard InChI is InChI=1S/C20H21F3N2O2/c21-20(22,23)15-3-1-5-16(11-15)24-7-9-25(10-8-24)18(27)19-6-2-4-14(19)12-17(26)13-19/h1,3-5,11H,2,6-10,12-13H2. The maximum Gasteiger partial charge on any atom is 0.416 e. The molecule has 27 heavy (non-hydrogen) atoms. The Morgan fingerprint density at radius 1 is 1.11 bits per heavy atom. The number of fused-ring (bicyclic) bond motifs is 1. The largest absolute Gasteiger partial charge is 0.416 e. The minimum atomic E-state index is -4.37. The molecule has 1 unspecified atom stereocenters. The number of Topliss-reactive ketones (excluding diaryl/α,β-unsaturated/α-hetero) is 1. The van der Waals surface area contributed by atoms with Gasteiger partial charge in [0, 0.05) is 44.7 Å². The van der Waals surface area contributed by atoms with Crippen LogP contribution in [0.2, 0.25) is 0 Å². The normalized spacial score (nSPS) is 25.6. The molecule has 1 heterocycles. The number of nitrogens with zero attached hydrogens (tertiary/aromatic N) is 2. The second kappa shape index (κ2) is 6.39. The lowest BCUT2D eigenvalue weighted by Crippen LogP contribution is -2.53. The first kappa shape index (κ1) is 18.1. The van der Waals surface area contributed by atoms with E-state index in [-0.39, 0.29) is 11.7 Å². The summed E-state index contributed by atoms with van der Waals surface area (Å²) in [4.78, 5) is 28.7. The first-order valence-electron chi connectivity index (χ1n) is 9.22. The van der Waals surface area contributed by atoms with Gasteiger partial charge in [-0.05, 0) is 31.0 Å². The van der Waals surface area contributed by atoms with Gasteiger partial charge in [0.15, 0.2) is 0 Å². The zero-order valence-electron chi connectivity index (χ0n) is 14.9. The summed E-state index contributed by atoms with van der Waals surface area (Å²) in [6.07, 6.45) is -0.129. The topological polar surface area (TPSA) is 40.6 Å². The van der Waals surface area contributed by atoms with Crippen molar-refractivity contribution < 1.29 is 22.8 Å². The van der Waals surface area contributed by atoms with Crippen LogP contribution in [-0.4, -0.2) is 42.8 Å². The van der Waals surface area contributed by atoms with E-state index in [9.17, 15) is 22.8 Å². The first-order chi connectivity index (χ1) is 12.8. The van der Waals surface area contributed by atoms with Gasteiger partial charge in [0.25, 0.3) is 0 Å². The van der Waals surface area contributed by atoms with E-state index in [1.807, 2.05) is 11.0 Å². The SMILES string of the molecule is O=C1CC2=CCCC2(C(=O)N2CCN(c3cccc(C(F)(F)F)c3)CC2)C1. The molecule has 0 bridgehead atoms. The average molecular weight is 378 g/mol. The van der Waals surface area contributed by atoms with Crippen LogP contribution in [0, 0.1) is 5.41 Å². The quantitative estimate of drug-likeness (QED) is 0.741. The molecule has 144 valence electrons. The van der Waals surface area contributed by atoms with Crippen LogP contribution in [0.4, 0.5) is 18.9 Å². The molecule has 0 N–H and O–H groups in total. The van der Waals surface area contributed by atoms with Gasteiger partial charge in [-0.3, -0.25) is 9.59 Å². The van der Waals surface area contributed by atoms with Crippen molar-refractivity contribution in [2.75, 3.05) is 31.1 Å². The van der Waals surface area contributed by atoms with Crippen molar-refractivity contribution in [1.29, 1.82) is 0 Å². The minimum absolute atomic E-state index is 0.0146. The maximum atomic E-state index is 13.1. The van der Waals surface area contributed by atoms with Gasteiger partial charge in [0.2, 0.25) is 5.91 Å². The second-order valence-electron chi connectivity index (χ2n) is 7.57. The van der Waals surface area contributed by atoms with E-state index in [0.29, 0.717) is 51.1 Å². The number of hydrogen-bond acceptors (Lipinski definition) is 3. The van der Waals surface area contributed by atoms with Crippen LogP contribution in [0.5, 0.6) is 0 Å². The summed E-state index contributed by atoms with van der Waals surface area (Å²) in [7, 11) is 0. The number of halogens is 3. The van der Waals surface area contributed by atoms with E-state index in [1.54, 1.807) is 11.0 Å². The number of rotatable bonds is 2. The summed E-state index contributed by atoms with van der Waals surface area (Å²) in [5.41, 5.74) is 0.183. The molecule has 1 aliphatic heterocycles. The maximum absolute atomic E-state index is 13.1. The molecule has 1 saturated carbocycles. The van der Waals surface area contributed by atoms with Gasteiger partial charge in [-0.2, -0.15) is 13.2 Å². The zero-order valence-corrected chi connectivity index (χ0v) is 14.9. The number of carbonyl (C=O) groups excluding carboxylic acids is 2. The lowest BCUT2D eigenvalue weighted by molar-refractivity contribution is -0.141. The van der Waals surface area contributed by atoms with Crippen LogP contribution < -0.4 is 4.90 Å². The van der Waals surface area contributed by atoms with Crippen molar-refractivity contribution in [2.45, 2.75) is 31.9 Å². The van der Waals surface area contributed by atoms with Crippen molar-refractivity contribution >= 4 is 17.4 Å². The summed E-state index contributed by atoms with van der Waals surface area (Å²) in [6, 6.07) is 5.30. The van der Waals surface area contributed by atoms with Crippen LogP contribution in [0.1, 0.15) is 31.2 Å². The highest BCUT2D eigenvalue weighted by atomic mass is 19.4. The van der Waals surface area contributed by atoms with Crippen LogP contribution in [-0.2, 0) is 15.8 Å². The Balaban J connectivity index is 1.45. The smallest absolute Gasteiger partial charge is 0.368 e. The number of hydrogen-bond donors (Lipinski definition) is 0. The Hall–Kier alpha value is -2.31. The van der Waals surface area contributed by atoms with Crippen molar-refractivity contribution in [2.24, 2.45) is 5.41 Å². The number of alkyl halides is 3. The van der Waals surface area contributed by atoms with Crippen molar-refractivity contribution in [3.63, 3.8) is 0 Å². The molecule has 2 fully saturated rings. The minimum Gasteiger partial charge on any atom is -0.368 e. The predicted molar refractivity (Wildman–Crippen MR) is 94.2 cm³/mol. The van der Waals surface area contributed by atoms with Gasteiger partial charge in [-0.1, -0.05) is 17.7 Å². The monoisotopic (exact) mass is 378 g/mol. The molecular formula is C20H21F3N2O2. The zero-order chi connectivity index (χ0) is 19.2. The molecule has 1 aromatic carbocycles. The summed E-state index contributed by atoms with van der Waals surface area (Å²) in [6.45, 7) is 1.88. The summed E-state index contributed by atoms with van der Waals surface area (Å²) in [5, 5.41) is 0. The molecule has 4 rings (SSSR count). The fourth-order valence-electron chi connectivity index (χ4n) is 4.57. The molecule has 0 spiro atoms. The molecule has 2 aliphatic carbocycles. The fourth-order valence-corrected chi connectivity index (χ4v) is 4.57. The van der Waals surface area contributed by atoms with E-state index >= 15 is 0 Å². The third-order valence-electron chi connectivity index (χ3n) is 5.98. The molecule has 0 aromatic heterocycles. The van der Waals surface area contributed by atoms with Gasteiger partial charge < -0.3 is 9.80 Å². The third kappa shape index (κ3) is 3.13. The highest BCUT2D eigenvalue weighted by molar-refractivity contribution is 5.98. The molecule has 3 aliphatic rings. The average Bonchev–Trinajstić information content (AvgIpc) is 3.17. The molecule has 7 heteroatoms. The van der Waals surface area contributed by atoms with Crippen molar-refractivity contribution in [3.8, 4) is 0 Å². The van der Waals surface area contributed by atoms with Crippen LogP contribution in [0.15, 0.2) is 35.9 Å². The Morgan fingerprint density at radius 3 is 2.56 bits per heavy atom. The van der Waals surface area contributed by atoms with Crippen molar-refractivity contribution in [1.82, 2.24) is 4.90 Å².